The summed E-state index contributed by atoms with van der Waals surface area (Å²) in [5, 5.41) is 0. The minimum atomic E-state index is -1.12. The number of rotatable bonds is 18. The molecular formula is C15H33BO6. The van der Waals surface area contributed by atoms with Gasteiger partial charge in [-0.2, -0.15) is 0 Å². The highest BCUT2D eigenvalue weighted by Gasteiger charge is 2.27. The molecule has 0 spiro atoms. The fraction of sp³-hybridized carbons (Fsp3) is 1.00. The van der Waals surface area contributed by atoms with E-state index in [-0.39, 0.29) is 0 Å². The second kappa shape index (κ2) is 18.9. The quantitative estimate of drug-likeness (QED) is 0.162. The first-order valence-electron chi connectivity index (χ1n) is 8.69. The lowest BCUT2D eigenvalue weighted by Crippen LogP contribution is -2.28. The smallest absolute Gasteiger partial charge is 0.247 e. The van der Waals surface area contributed by atoms with Gasteiger partial charge in [-0.25, -0.2) is 29.1 Å². The van der Waals surface area contributed by atoms with Gasteiger partial charge in [0.15, 0.2) is 0 Å². The van der Waals surface area contributed by atoms with E-state index in [1.54, 1.807) is 0 Å². The molecule has 0 radical (unpaired) electrons. The third kappa shape index (κ3) is 16.2. The molecule has 0 heterocycles. The van der Waals surface area contributed by atoms with Gasteiger partial charge >= 0.3 is 7.32 Å². The van der Waals surface area contributed by atoms with E-state index in [0.717, 1.165) is 57.8 Å². The topological polar surface area (TPSA) is 55.4 Å². The van der Waals surface area contributed by atoms with Crippen LogP contribution in [0.3, 0.4) is 0 Å². The lowest BCUT2D eigenvalue weighted by Gasteiger charge is -2.12. The number of hydrogen-bond donors (Lipinski definition) is 0. The predicted molar refractivity (Wildman–Crippen MR) is 85.4 cm³/mol. The Morgan fingerprint density at radius 3 is 1.09 bits per heavy atom. The van der Waals surface area contributed by atoms with Gasteiger partial charge in [0.05, 0.1) is 19.8 Å². The maximum Gasteiger partial charge on any atom is 0.725 e. The van der Waals surface area contributed by atoms with Crippen LogP contribution in [0, 0.1) is 0 Å². The van der Waals surface area contributed by atoms with Crippen LogP contribution in [0.4, 0.5) is 0 Å². The molecule has 132 valence electrons. The first kappa shape index (κ1) is 21.8. The van der Waals surface area contributed by atoms with Crippen molar-refractivity contribution >= 4 is 7.32 Å². The molecule has 0 bridgehead atoms. The molecule has 0 aromatic carbocycles. The van der Waals surface area contributed by atoms with Crippen molar-refractivity contribution < 1.29 is 29.1 Å². The maximum atomic E-state index is 5.04. The first-order chi connectivity index (χ1) is 10.8. The van der Waals surface area contributed by atoms with E-state index in [9.17, 15) is 0 Å². The van der Waals surface area contributed by atoms with Crippen molar-refractivity contribution in [3.8, 4) is 0 Å². The molecule has 0 fully saturated rings. The predicted octanol–water partition coefficient (Wildman–Crippen LogP) is 4.39. The summed E-state index contributed by atoms with van der Waals surface area (Å²) in [4.78, 5) is 30.2. The number of unbranched alkanes of at least 4 members (excludes halogenated alkanes) is 6. The van der Waals surface area contributed by atoms with E-state index in [1.807, 2.05) is 0 Å². The Kier molecular flexibility index (Phi) is 18.7. The van der Waals surface area contributed by atoms with Crippen LogP contribution < -0.4 is 0 Å². The molecule has 0 rings (SSSR count). The standard InChI is InChI=1S/C15H33BO6/c1-4-7-10-13-17-20-16(21-18-14-11-8-5-2)22-19-15-12-9-6-3/h4-15H2,1-3H3. The van der Waals surface area contributed by atoms with E-state index in [0.29, 0.717) is 19.8 Å². The Labute approximate surface area is 135 Å². The van der Waals surface area contributed by atoms with Crippen LogP contribution in [0.15, 0.2) is 0 Å². The summed E-state index contributed by atoms with van der Waals surface area (Å²) in [7, 11) is -1.12. The van der Waals surface area contributed by atoms with Gasteiger partial charge in [0.25, 0.3) is 0 Å². The van der Waals surface area contributed by atoms with Gasteiger partial charge in [0, 0.05) is 0 Å². The molecule has 0 aromatic heterocycles. The highest BCUT2D eigenvalue weighted by molar-refractivity contribution is 6.35. The zero-order valence-electron chi connectivity index (χ0n) is 14.5. The monoisotopic (exact) mass is 320 g/mol. The normalized spacial score (nSPS) is 11.0. The molecule has 6 nitrogen and oxygen atoms in total. The first-order valence-corrected chi connectivity index (χ1v) is 8.69. The fourth-order valence-electron chi connectivity index (χ4n) is 1.59. The summed E-state index contributed by atoms with van der Waals surface area (Å²) in [5.41, 5.74) is 0. The summed E-state index contributed by atoms with van der Waals surface area (Å²) < 4.78 is 0. The Balaban J connectivity index is 3.72. The number of hydrogen-bond acceptors (Lipinski definition) is 6. The van der Waals surface area contributed by atoms with Crippen LogP contribution in [-0.2, 0) is 29.1 Å². The molecule has 7 heteroatoms. The Morgan fingerprint density at radius 1 is 0.500 bits per heavy atom. The Hall–Kier alpha value is -0.175. The van der Waals surface area contributed by atoms with Crippen molar-refractivity contribution in [2.45, 2.75) is 78.6 Å². The molecule has 0 saturated heterocycles. The minimum absolute atomic E-state index is 0.489. The van der Waals surface area contributed by atoms with Gasteiger partial charge in [-0.3, -0.25) is 0 Å². The van der Waals surface area contributed by atoms with E-state index >= 15 is 0 Å². The molecule has 0 N–H and O–H groups in total. The largest absolute Gasteiger partial charge is 0.725 e. The van der Waals surface area contributed by atoms with Crippen molar-refractivity contribution in [1.82, 2.24) is 0 Å². The van der Waals surface area contributed by atoms with Crippen LogP contribution in [0.2, 0.25) is 0 Å². The second-order valence-electron chi connectivity index (χ2n) is 5.16. The molecule has 0 unspecified atom stereocenters. The van der Waals surface area contributed by atoms with E-state index in [1.165, 1.54) is 0 Å². The zero-order valence-corrected chi connectivity index (χ0v) is 14.5. The van der Waals surface area contributed by atoms with Gasteiger partial charge in [-0.1, -0.05) is 59.3 Å². The van der Waals surface area contributed by atoms with Crippen molar-refractivity contribution in [3.05, 3.63) is 0 Å². The fourth-order valence-corrected chi connectivity index (χ4v) is 1.59. The lowest BCUT2D eigenvalue weighted by molar-refractivity contribution is -0.348. The van der Waals surface area contributed by atoms with Crippen LogP contribution in [0.1, 0.15) is 78.6 Å². The SMILES string of the molecule is CCCCCOOB(OOCCCCC)OOCCCCC. The van der Waals surface area contributed by atoms with Gasteiger partial charge in [-0.05, 0) is 19.3 Å². The van der Waals surface area contributed by atoms with E-state index in [2.05, 4.69) is 20.8 Å². The highest BCUT2D eigenvalue weighted by atomic mass is 17.3. The second-order valence-corrected chi connectivity index (χ2v) is 5.16. The van der Waals surface area contributed by atoms with Crippen molar-refractivity contribution in [2.24, 2.45) is 0 Å². The summed E-state index contributed by atoms with van der Waals surface area (Å²) in [5.74, 6) is 0. The van der Waals surface area contributed by atoms with Gasteiger partial charge in [-0.15, -0.1) is 0 Å². The summed E-state index contributed by atoms with van der Waals surface area (Å²) >= 11 is 0. The summed E-state index contributed by atoms with van der Waals surface area (Å²) in [6, 6.07) is 0. The average Bonchev–Trinajstić information content (AvgIpc) is 2.53. The molecule has 0 atom stereocenters. The van der Waals surface area contributed by atoms with Crippen molar-refractivity contribution in [2.75, 3.05) is 19.8 Å². The van der Waals surface area contributed by atoms with Crippen LogP contribution in [0.25, 0.3) is 0 Å². The molecule has 0 amide bonds. The highest BCUT2D eigenvalue weighted by Crippen LogP contribution is 2.02. The van der Waals surface area contributed by atoms with Gasteiger partial charge < -0.3 is 0 Å². The van der Waals surface area contributed by atoms with E-state index in [4.69, 9.17) is 29.1 Å². The molecule has 0 saturated carbocycles. The van der Waals surface area contributed by atoms with Crippen molar-refractivity contribution in [3.63, 3.8) is 0 Å². The minimum Gasteiger partial charge on any atom is -0.247 e. The van der Waals surface area contributed by atoms with Crippen LogP contribution >= 0.6 is 0 Å². The van der Waals surface area contributed by atoms with Crippen LogP contribution in [0.5, 0.6) is 0 Å². The zero-order chi connectivity index (χ0) is 16.3. The Bertz CT molecular complexity index is 175. The average molecular weight is 320 g/mol. The third-order valence-electron chi connectivity index (χ3n) is 2.93. The molecular weight excluding hydrogens is 287 g/mol. The summed E-state index contributed by atoms with van der Waals surface area (Å²) in [6.07, 6.45) is 9.45. The van der Waals surface area contributed by atoms with Crippen molar-refractivity contribution in [1.29, 1.82) is 0 Å². The van der Waals surface area contributed by atoms with Gasteiger partial charge in [0.1, 0.15) is 0 Å². The molecule has 0 aliphatic carbocycles. The van der Waals surface area contributed by atoms with Gasteiger partial charge in [0.2, 0.25) is 0 Å². The lowest BCUT2D eigenvalue weighted by atomic mass is 10.2. The molecule has 22 heavy (non-hydrogen) atoms. The molecule has 0 aromatic rings. The third-order valence-corrected chi connectivity index (χ3v) is 2.93. The maximum absolute atomic E-state index is 5.04. The molecule has 0 aliphatic heterocycles. The summed E-state index contributed by atoms with van der Waals surface area (Å²) in [6.45, 7) is 7.85. The Morgan fingerprint density at radius 2 is 0.818 bits per heavy atom. The molecule has 0 aliphatic rings. The van der Waals surface area contributed by atoms with E-state index < -0.39 is 7.32 Å². The van der Waals surface area contributed by atoms with Crippen LogP contribution in [-0.4, -0.2) is 27.1 Å².